The molecule has 0 aromatic rings. The number of hydrogen-bond acceptors (Lipinski definition) is 4. The van der Waals surface area contributed by atoms with E-state index in [0.717, 1.165) is 19.6 Å². The van der Waals surface area contributed by atoms with Gasteiger partial charge in [-0.25, -0.2) is 0 Å². The second-order valence-corrected chi connectivity index (χ2v) is 6.73. The number of ether oxygens (including phenoxy) is 2. The minimum atomic E-state index is -0.833. The summed E-state index contributed by atoms with van der Waals surface area (Å²) in [5.74, 6) is 0.339. The quantitative estimate of drug-likeness (QED) is 0.792. The first kappa shape index (κ1) is 15.7. The number of rotatable bonds is 5. The highest BCUT2D eigenvalue weighted by Gasteiger charge is 2.63. The van der Waals surface area contributed by atoms with Crippen LogP contribution in [0.2, 0.25) is 0 Å². The summed E-state index contributed by atoms with van der Waals surface area (Å²) in [7, 11) is 0. The van der Waals surface area contributed by atoms with Crippen molar-refractivity contribution in [1.82, 2.24) is 5.32 Å². The highest BCUT2D eigenvalue weighted by Crippen LogP contribution is 2.49. The van der Waals surface area contributed by atoms with E-state index >= 15 is 0 Å². The Balaban J connectivity index is 1.95. The fourth-order valence-corrected chi connectivity index (χ4v) is 3.22. The van der Waals surface area contributed by atoms with Crippen LogP contribution in [0.5, 0.6) is 0 Å². The molecular weight excluding hydrogens is 256 g/mol. The first-order valence-corrected chi connectivity index (χ1v) is 7.62. The van der Waals surface area contributed by atoms with E-state index < -0.39 is 5.54 Å². The Kier molecular flexibility index (Phi) is 4.42. The van der Waals surface area contributed by atoms with Crippen LogP contribution in [0.3, 0.4) is 0 Å². The lowest BCUT2D eigenvalue weighted by Crippen LogP contribution is -2.76. The average molecular weight is 284 g/mol. The molecule has 4 atom stereocenters. The summed E-state index contributed by atoms with van der Waals surface area (Å²) < 4.78 is 11.0. The Hall–Kier alpha value is -0.650. The molecule has 1 amide bonds. The van der Waals surface area contributed by atoms with Gasteiger partial charge < -0.3 is 20.5 Å². The summed E-state index contributed by atoms with van der Waals surface area (Å²) in [6.45, 7) is 10.2. The fourth-order valence-electron chi connectivity index (χ4n) is 3.22. The van der Waals surface area contributed by atoms with Crippen LogP contribution in [0, 0.1) is 11.3 Å². The van der Waals surface area contributed by atoms with Crippen molar-refractivity contribution in [1.29, 1.82) is 0 Å². The van der Waals surface area contributed by atoms with Crippen LogP contribution < -0.4 is 11.1 Å². The van der Waals surface area contributed by atoms with E-state index in [1.165, 1.54) is 0 Å². The molecule has 1 aliphatic heterocycles. The monoisotopic (exact) mass is 284 g/mol. The van der Waals surface area contributed by atoms with Gasteiger partial charge in [0.05, 0.1) is 12.7 Å². The molecule has 0 bridgehead atoms. The van der Waals surface area contributed by atoms with Crippen molar-refractivity contribution in [2.45, 2.75) is 58.2 Å². The molecule has 2 aliphatic rings. The molecular formula is C15H28N2O3. The van der Waals surface area contributed by atoms with Crippen molar-refractivity contribution < 1.29 is 14.3 Å². The summed E-state index contributed by atoms with van der Waals surface area (Å²) in [6.07, 6.45) is 1.66. The lowest BCUT2D eigenvalue weighted by atomic mass is 9.54. The standard InChI is InChI=1S/C15H28N2O3/c1-5-20-12-8-15(16,14(12,3)4)13(18)17-10(2)11-6-7-19-9-11/h10-12H,5-9,16H2,1-4H3,(H,17,18). The van der Waals surface area contributed by atoms with Gasteiger partial charge in [0.2, 0.25) is 5.91 Å². The molecule has 1 heterocycles. The maximum atomic E-state index is 12.5. The molecule has 0 radical (unpaired) electrons. The van der Waals surface area contributed by atoms with Gasteiger partial charge in [-0.1, -0.05) is 13.8 Å². The predicted molar refractivity (Wildman–Crippen MR) is 77.3 cm³/mol. The highest BCUT2D eigenvalue weighted by atomic mass is 16.5. The third-order valence-electron chi connectivity index (χ3n) is 5.27. The lowest BCUT2D eigenvalue weighted by molar-refractivity contribution is -0.171. The van der Waals surface area contributed by atoms with Gasteiger partial charge in [-0.05, 0) is 20.3 Å². The Bertz CT molecular complexity index is 366. The minimum absolute atomic E-state index is 0.0575. The molecule has 1 saturated heterocycles. The van der Waals surface area contributed by atoms with Gasteiger partial charge in [-0.15, -0.1) is 0 Å². The van der Waals surface area contributed by atoms with Crippen LogP contribution in [-0.2, 0) is 14.3 Å². The van der Waals surface area contributed by atoms with Crippen molar-refractivity contribution in [3.63, 3.8) is 0 Å². The molecule has 2 fully saturated rings. The van der Waals surface area contributed by atoms with Gasteiger partial charge in [0, 0.05) is 37.0 Å². The topological polar surface area (TPSA) is 73.6 Å². The zero-order valence-electron chi connectivity index (χ0n) is 13.1. The van der Waals surface area contributed by atoms with Gasteiger partial charge in [0.1, 0.15) is 5.54 Å². The van der Waals surface area contributed by atoms with Crippen molar-refractivity contribution >= 4 is 5.91 Å². The molecule has 2 rings (SSSR count). The van der Waals surface area contributed by atoms with Crippen molar-refractivity contribution in [3.8, 4) is 0 Å². The number of nitrogens with one attached hydrogen (secondary N) is 1. The Morgan fingerprint density at radius 1 is 1.55 bits per heavy atom. The third kappa shape index (κ3) is 2.47. The SMILES string of the molecule is CCOC1CC(N)(C(=O)NC(C)C2CCOC2)C1(C)C. The molecule has 1 saturated carbocycles. The van der Waals surface area contributed by atoms with Crippen LogP contribution in [-0.4, -0.2) is 43.4 Å². The first-order valence-electron chi connectivity index (χ1n) is 7.62. The van der Waals surface area contributed by atoms with Gasteiger partial charge >= 0.3 is 0 Å². The average Bonchev–Trinajstić information content (AvgIpc) is 2.92. The zero-order chi connectivity index (χ0) is 15.0. The molecule has 3 N–H and O–H groups in total. The van der Waals surface area contributed by atoms with E-state index in [4.69, 9.17) is 15.2 Å². The number of hydrogen-bond donors (Lipinski definition) is 2. The molecule has 1 aliphatic carbocycles. The number of amides is 1. The van der Waals surface area contributed by atoms with E-state index in [9.17, 15) is 4.79 Å². The lowest BCUT2D eigenvalue weighted by Gasteiger charge is -2.57. The first-order chi connectivity index (χ1) is 9.33. The molecule has 0 aromatic heterocycles. The Morgan fingerprint density at radius 3 is 2.75 bits per heavy atom. The zero-order valence-corrected chi connectivity index (χ0v) is 13.1. The highest BCUT2D eigenvalue weighted by molar-refractivity contribution is 5.89. The Labute approximate surface area is 121 Å². The molecule has 5 nitrogen and oxygen atoms in total. The minimum Gasteiger partial charge on any atom is -0.381 e. The largest absolute Gasteiger partial charge is 0.381 e. The summed E-state index contributed by atoms with van der Waals surface area (Å²) >= 11 is 0. The number of nitrogens with two attached hydrogens (primary N) is 1. The van der Waals surface area contributed by atoms with Crippen LogP contribution in [0.4, 0.5) is 0 Å². The summed E-state index contributed by atoms with van der Waals surface area (Å²) in [4.78, 5) is 12.5. The molecule has 0 spiro atoms. The summed E-state index contributed by atoms with van der Waals surface area (Å²) in [6, 6.07) is 0.104. The summed E-state index contributed by atoms with van der Waals surface area (Å²) in [5.41, 5.74) is 5.20. The van der Waals surface area contributed by atoms with Gasteiger partial charge in [-0.3, -0.25) is 4.79 Å². The van der Waals surface area contributed by atoms with Gasteiger partial charge in [-0.2, -0.15) is 0 Å². The maximum absolute atomic E-state index is 12.5. The molecule has 116 valence electrons. The fraction of sp³-hybridized carbons (Fsp3) is 0.933. The molecule has 20 heavy (non-hydrogen) atoms. The van der Waals surface area contributed by atoms with Crippen molar-refractivity contribution in [3.05, 3.63) is 0 Å². The van der Waals surface area contributed by atoms with E-state index in [0.29, 0.717) is 18.9 Å². The number of carbonyl (C=O) groups is 1. The smallest absolute Gasteiger partial charge is 0.241 e. The molecule has 5 heteroatoms. The third-order valence-corrected chi connectivity index (χ3v) is 5.27. The maximum Gasteiger partial charge on any atom is 0.241 e. The van der Waals surface area contributed by atoms with E-state index in [-0.39, 0.29) is 23.5 Å². The molecule has 0 aromatic carbocycles. The predicted octanol–water partition coefficient (Wildman–Crippen LogP) is 1.06. The number of carbonyl (C=O) groups excluding carboxylic acids is 1. The van der Waals surface area contributed by atoms with E-state index in [1.807, 2.05) is 27.7 Å². The normalized spacial score (nSPS) is 37.2. The molecule has 4 unspecified atom stereocenters. The van der Waals surface area contributed by atoms with Gasteiger partial charge in [0.15, 0.2) is 0 Å². The van der Waals surface area contributed by atoms with Crippen LogP contribution >= 0.6 is 0 Å². The Morgan fingerprint density at radius 2 is 2.25 bits per heavy atom. The van der Waals surface area contributed by atoms with Crippen LogP contribution in [0.25, 0.3) is 0 Å². The summed E-state index contributed by atoms with van der Waals surface area (Å²) in [5, 5.41) is 3.08. The van der Waals surface area contributed by atoms with Crippen molar-refractivity contribution in [2.24, 2.45) is 17.1 Å². The van der Waals surface area contributed by atoms with Crippen molar-refractivity contribution in [2.75, 3.05) is 19.8 Å². The van der Waals surface area contributed by atoms with E-state index in [1.54, 1.807) is 0 Å². The van der Waals surface area contributed by atoms with E-state index in [2.05, 4.69) is 5.32 Å². The second-order valence-electron chi connectivity index (χ2n) is 6.73. The van der Waals surface area contributed by atoms with Crippen LogP contribution in [0.15, 0.2) is 0 Å². The second kappa shape index (κ2) is 5.62. The van der Waals surface area contributed by atoms with Gasteiger partial charge in [0.25, 0.3) is 0 Å². The van der Waals surface area contributed by atoms with Crippen LogP contribution in [0.1, 0.15) is 40.5 Å².